The lowest BCUT2D eigenvalue weighted by Crippen LogP contribution is -2.38. The molecule has 3 aliphatic rings. The molecule has 2 aromatic carbocycles. The van der Waals surface area contributed by atoms with Gasteiger partial charge >= 0.3 is 0 Å². The Morgan fingerprint density at radius 3 is 2.37 bits per heavy atom. The molecule has 2 fully saturated rings. The molecule has 1 heterocycles. The van der Waals surface area contributed by atoms with E-state index in [1.807, 2.05) is 24.3 Å². The lowest BCUT2D eigenvalue weighted by molar-refractivity contribution is 0.0922. The zero-order valence-electron chi connectivity index (χ0n) is 17.1. The molecule has 158 valence electrons. The van der Waals surface area contributed by atoms with Crippen molar-refractivity contribution in [3.8, 4) is 0 Å². The van der Waals surface area contributed by atoms with E-state index in [4.69, 9.17) is 0 Å². The molecule has 2 bridgehead atoms. The molecule has 30 heavy (non-hydrogen) atoms. The van der Waals surface area contributed by atoms with Gasteiger partial charge in [0.15, 0.2) is 0 Å². The Hall–Kier alpha value is -2.38. The zero-order valence-corrected chi connectivity index (χ0v) is 17.9. The highest BCUT2D eigenvalue weighted by molar-refractivity contribution is 7.89. The highest BCUT2D eigenvalue weighted by Crippen LogP contribution is 2.44. The number of anilines is 1. The van der Waals surface area contributed by atoms with E-state index in [0.717, 1.165) is 23.5 Å². The van der Waals surface area contributed by atoms with Crippen LogP contribution in [0.25, 0.3) is 0 Å². The van der Waals surface area contributed by atoms with Gasteiger partial charge in [-0.05, 0) is 60.4 Å². The van der Waals surface area contributed by atoms with Crippen LogP contribution >= 0.6 is 0 Å². The molecule has 2 saturated carbocycles. The number of hydrogen-bond donors (Lipinski definition) is 2. The molecule has 0 spiro atoms. The molecule has 6 nitrogen and oxygen atoms in total. The summed E-state index contributed by atoms with van der Waals surface area (Å²) in [6.07, 6.45) is 4.71. The van der Waals surface area contributed by atoms with E-state index in [9.17, 15) is 13.2 Å². The topological polar surface area (TPSA) is 78.5 Å². The molecule has 1 aliphatic heterocycles. The number of benzene rings is 2. The summed E-state index contributed by atoms with van der Waals surface area (Å²) >= 11 is 0. The highest BCUT2D eigenvalue weighted by atomic mass is 32.2. The van der Waals surface area contributed by atoms with Gasteiger partial charge in [-0.2, -0.15) is 4.31 Å². The van der Waals surface area contributed by atoms with Gasteiger partial charge < -0.3 is 10.6 Å². The van der Waals surface area contributed by atoms with Crippen molar-refractivity contribution < 1.29 is 13.2 Å². The maximum atomic E-state index is 13.5. The van der Waals surface area contributed by atoms with Gasteiger partial charge in [0.2, 0.25) is 10.0 Å². The second kappa shape index (κ2) is 7.39. The zero-order chi connectivity index (χ0) is 20.9. The summed E-state index contributed by atoms with van der Waals surface area (Å²) < 4.78 is 28.4. The lowest BCUT2D eigenvalue weighted by Gasteiger charge is -2.23. The van der Waals surface area contributed by atoms with E-state index in [1.54, 1.807) is 19.2 Å². The number of hydrogen-bond acceptors (Lipinski definition) is 4. The SMILES string of the molecule is CNc1ccc(C(=O)NC2CC3CCC2C3)cc1S(=O)(=O)N1Cc2ccccc2C1. The Labute approximate surface area is 177 Å². The van der Waals surface area contributed by atoms with Gasteiger partial charge in [0, 0.05) is 31.7 Å². The molecule has 1 amide bonds. The van der Waals surface area contributed by atoms with Crippen molar-refractivity contribution in [2.75, 3.05) is 12.4 Å². The lowest BCUT2D eigenvalue weighted by atomic mass is 9.95. The van der Waals surface area contributed by atoms with Crippen LogP contribution in [-0.2, 0) is 23.1 Å². The van der Waals surface area contributed by atoms with Gasteiger partial charge in [0.25, 0.3) is 5.91 Å². The Morgan fingerprint density at radius 1 is 1.03 bits per heavy atom. The van der Waals surface area contributed by atoms with Crippen LogP contribution in [-0.4, -0.2) is 31.7 Å². The van der Waals surface area contributed by atoms with Crippen molar-refractivity contribution in [1.29, 1.82) is 0 Å². The smallest absolute Gasteiger partial charge is 0.251 e. The molecule has 3 unspecified atom stereocenters. The van der Waals surface area contributed by atoms with E-state index in [1.165, 1.54) is 29.6 Å². The molecule has 2 N–H and O–H groups in total. The van der Waals surface area contributed by atoms with Gasteiger partial charge in [0.05, 0.1) is 5.69 Å². The molecular weight excluding hydrogens is 398 g/mol. The first-order valence-electron chi connectivity index (χ1n) is 10.7. The predicted octanol–water partition coefficient (Wildman–Crippen LogP) is 3.35. The fourth-order valence-electron chi connectivity index (χ4n) is 5.37. The van der Waals surface area contributed by atoms with Crippen LogP contribution in [0.15, 0.2) is 47.4 Å². The van der Waals surface area contributed by atoms with E-state index < -0.39 is 10.0 Å². The Bertz CT molecular complexity index is 1070. The third-order valence-electron chi connectivity index (χ3n) is 7.00. The molecule has 0 saturated heterocycles. The molecular formula is C23H27N3O3S. The van der Waals surface area contributed by atoms with Crippen LogP contribution < -0.4 is 10.6 Å². The van der Waals surface area contributed by atoms with E-state index in [-0.39, 0.29) is 16.8 Å². The monoisotopic (exact) mass is 425 g/mol. The molecule has 7 heteroatoms. The van der Waals surface area contributed by atoms with Gasteiger partial charge in [0.1, 0.15) is 4.90 Å². The molecule has 3 atom stereocenters. The number of carbonyl (C=O) groups is 1. The number of rotatable bonds is 5. The maximum absolute atomic E-state index is 13.5. The number of carbonyl (C=O) groups excluding carboxylic acids is 1. The standard InChI is InChI=1S/C23H27N3O3S/c1-24-20-9-8-17(23(27)25-21-11-15-6-7-16(21)10-15)12-22(20)30(28,29)26-13-18-4-2-3-5-19(18)14-26/h2-5,8-9,12,15-16,21,24H,6-7,10-11,13-14H2,1H3,(H,25,27). The van der Waals surface area contributed by atoms with Gasteiger partial charge in [-0.25, -0.2) is 8.42 Å². The van der Waals surface area contributed by atoms with Crippen LogP contribution in [0.1, 0.15) is 47.2 Å². The quantitative estimate of drug-likeness (QED) is 0.770. The number of sulfonamides is 1. The first kappa shape index (κ1) is 19.6. The third-order valence-corrected chi connectivity index (χ3v) is 8.83. The molecule has 0 radical (unpaired) electrons. The fourth-order valence-corrected chi connectivity index (χ4v) is 6.99. The second-order valence-electron chi connectivity index (χ2n) is 8.76. The maximum Gasteiger partial charge on any atom is 0.251 e. The number of nitrogens with one attached hydrogen (secondary N) is 2. The largest absolute Gasteiger partial charge is 0.387 e. The number of nitrogens with zero attached hydrogens (tertiary/aromatic N) is 1. The molecule has 2 aliphatic carbocycles. The van der Waals surface area contributed by atoms with Gasteiger partial charge in [-0.1, -0.05) is 30.7 Å². The van der Waals surface area contributed by atoms with Crippen LogP contribution in [0.5, 0.6) is 0 Å². The highest BCUT2D eigenvalue weighted by Gasteiger charge is 2.40. The summed E-state index contributed by atoms with van der Waals surface area (Å²) in [7, 11) is -2.05. The second-order valence-corrected chi connectivity index (χ2v) is 10.7. The van der Waals surface area contributed by atoms with Crippen molar-refractivity contribution in [3.63, 3.8) is 0 Å². The van der Waals surface area contributed by atoms with E-state index in [0.29, 0.717) is 30.3 Å². The predicted molar refractivity (Wildman–Crippen MR) is 116 cm³/mol. The Kier molecular flexibility index (Phi) is 4.82. The first-order chi connectivity index (χ1) is 14.5. The summed E-state index contributed by atoms with van der Waals surface area (Å²) in [5.41, 5.74) is 2.95. The van der Waals surface area contributed by atoms with Gasteiger partial charge in [-0.3, -0.25) is 4.79 Å². The van der Waals surface area contributed by atoms with Crippen molar-refractivity contribution in [2.45, 2.75) is 49.7 Å². The van der Waals surface area contributed by atoms with Crippen LogP contribution in [0.2, 0.25) is 0 Å². The molecule has 0 aromatic heterocycles. The van der Waals surface area contributed by atoms with Crippen molar-refractivity contribution in [2.24, 2.45) is 11.8 Å². The summed E-state index contributed by atoms with van der Waals surface area (Å²) in [5.74, 6) is 1.12. The van der Waals surface area contributed by atoms with Crippen LogP contribution in [0.4, 0.5) is 5.69 Å². The first-order valence-corrected chi connectivity index (χ1v) is 12.1. The number of fused-ring (bicyclic) bond motifs is 3. The van der Waals surface area contributed by atoms with E-state index >= 15 is 0 Å². The molecule has 2 aromatic rings. The minimum absolute atomic E-state index is 0.151. The summed E-state index contributed by atoms with van der Waals surface area (Å²) in [6.45, 7) is 0.701. The summed E-state index contributed by atoms with van der Waals surface area (Å²) in [6, 6.07) is 12.9. The third kappa shape index (κ3) is 3.30. The Balaban J connectivity index is 1.41. The average Bonchev–Trinajstić information content (AvgIpc) is 3.48. The average molecular weight is 426 g/mol. The van der Waals surface area contributed by atoms with Crippen molar-refractivity contribution in [3.05, 3.63) is 59.2 Å². The van der Waals surface area contributed by atoms with Gasteiger partial charge in [-0.15, -0.1) is 0 Å². The summed E-state index contributed by atoms with van der Waals surface area (Å²) in [4.78, 5) is 13.1. The minimum Gasteiger partial charge on any atom is -0.387 e. The normalized spacial score (nSPS) is 25.3. The van der Waals surface area contributed by atoms with E-state index in [2.05, 4.69) is 10.6 Å². The number of amides is 1. The van der Waals surface area contributed by atoms with Crippen LogP contribution in [0, 0.1) is 11.8 Å². The molecule has 5 rings (SSSR count). The minimum atomic E-state index is -3.75. The van der Waals surface area contributed by atoms with Crippen molar-refractivity contribution in [1.82, 2.24) is 9.62 Å². The summed E-state index contributed by atoms with van der Waals surface area (Å²) in [5, 5.41) is 6.13. The van der Waals surface area contributed by atoms with Crippen LogP contribution in [0.3, 0.4) is 0 Å². The fraction of sp³-hybridized carbons (Fsp3) is 0.435. The Morgan fingerprint density at radius 2 is 1.77 bits per heavy atom. The van der Waals surface area contributed by atoms with Crippen molar-refractivity contribution >= 4 is 21.6 Å².